The van der Waals surface area contributed by atoms with Gasteiger partial charge < -0.3 is 0 Å². The van der Waals surface area contributed by atoms with Crippen LogP contribution in [0.3, 0.4) is 0 Å². The molecule has 1 saturated carbocycles. The maximum absolute atomic E-state index is 5.28. The van der Waals surface area contributed by atoms with E-state index in [1.54, 1.807) is 11.3 Å². The molecular formula is C9H15N5S. The normalized spacial score (nSPS) is 29.9. The lowest BCUT2D eigenvalue weighted by atomic mass is 10.1. The highest BCUT2D eigenvalue weighted by molar-refractivity contribution is 7.15. The molecule has 1 aromatic heterocycles. The van der Waals surface area contributed by atoms with Gasteiger partial charge in [-0.3, -0.25) is 10.3 Å². The molecule has 2 unspecified atom stereocenters. The molecule has 0 aromatic carbocycles. The fourth-order valence-electron chi connectivity index (χ4n) is 2.77. The Bertz CT molecular complexity index is 352. The molecule has 1 aromatic rings. The lowest BCUT2D eigenvalue weighted by Gasteiger charge is -2.25. The molecule has 2 atom stereocenters. The van der Waals surface area contributed by atoms with Crippen LogP contribution in [0.5, 0.6) is 0 Å². The number of piperidine rings is 1. The summed E-state index contributed by atoms with van der Waals surface area (Å²) >= 11 is 1.55. The SMILES string of the molecule is NNc1nnc(CN2CC3CCC2C3)s1. The molecule has 1 aliphatic carbocycles. The van der Waals surface area contributed by atoms with Gasteiger partial charge in [-0.15, -0.1) is 10.2 Å². The van der Waals surface area contributed by atoms with Gasteiger partial charge in [-0.25, -0.2) is 5.84 Å². The van der Waals surface area contributed by atoms with Gasteiger partial charge in [0, 0.05) is 12.6 Å². The summed E-state index contributed by atoms with van der Waals surface area (Å²) in [5, 5.41) is 9.83. The molecule has 0 amide bonds. The number of rotatable bonds is 3. The number of aromatic nitrogens is 2. The summed E-state index contributed by atoms with van der Waals surface area (Å²) in [5.74, 6) is 6.22. The average molecular weight is 225 g/mol. The summed E-state index contributed by atoms with van der Waals surface area (Å²) in [6, 6.07) is 0.799. The van der Waals surface area contributed by atoms with Crippen LogP contribution in [0.1, 0.15) is 24.3 Å². The van der Waals surface area contributed by atoms with Gasteiger partial charge in [-0.2, -0.15) is 0 Å². The topological polar surface area (TPSA) is 67.1 Å². The van der Waals surface area contributed by atoms with Crippen LogP contribution in [0.2, 0.25) is 0 Å². The Morgan fingerprint density at radius 2 is 2.40 bits per heavy atom. The van der Waals surface area contributed by atoms with Crippen molar-refractivity contribution in [1.29, 1.82) is 0 Å². The van der Waals surface area contributed by atoms with Crippen molar-refractivity contribution in [2.24, 2.45) is 11.8 Å². The molecule has 5 nitrogen and oxygen atoms in total. The van der Waals surface area contributed by atoms with Crippen LogP contribution in [-0.4, -0.2) is 27.7 Å². The first-order valence-corrected chi connectivity index (χ1v) is 6.20. The number of hydrogen-bond donors (Lipinski definition) is 2. The third-order valence-electron chi connectivity index (χ3n) is 3.45. The summed E-state index contributed by atoms with van der Waals surface area (Å²) in [7, 11) is 0. The summed E-state index contributed by atoms with van der Waals surface area (Å²) in [6.45, 7) is 2.19. The van der Waals surface area contributed by atoms with E-state index in [-0.39, 0.29) is 0 Å². The van der Waals surface area contributed by atoms with E-state index < -0.39 is 0 Å². The summed E-state index contributed by atoms with van der Waals surface area (Å²) in [5.41, 5.74) is 2.53. The summed E-state index contributed by atoms with van der Waals surface area (Å²) in [6.07, 6.45) is 4.18. The Kier molecular flexibility index (Phi) is 2.34. The van der Waals surface area contributed by atoms with E-state index >= 15 is 0 Å². The smallest absolute Gasteiger partial charge is 0.219 e. The van der Waals surface area contributed by atoms with Crippen molar-refractivity contribution in [1.82, 2.24) is 15.1 Å². The fourth-order valence-corrected chi connectivity index (χ4v) is 3.45. The van der Waals surface area contributed by atoms with Crippen molar-refractivity contribution in [2.75, 3.05) is 12.0 Å². The first-order valence-electron chi connectivity index (χ1n) is 5.38. The van der Waals surface area contributed by atoms with Crippen molar-refractivity contribution in [3.8, 4) is 0 Å². The molecule has 2 aliphatic rings. The maximum atomic E-state index is 5.28. The van der Waals surface area contributed by atoms with Crippen LogP contribution in [0, 0.1) is 5.92 Å². The molecule has 1 saturated heterocycles. The predicted molar refractivity (Wildman–Crippen MR) is 59.3 cm³/mol. The number of anilines is 1. The summed E-state index contributed by atoms with van der Waals surface area (Å²) < 4.78 is 0. The molecule has 82 valence electrons. The molecule has 6 heteroatoms. The zero-order valence-electron chi connectivity index (χ0n) is 8.52. The molecule has 3 N–H and O–H groups in total. The number of likely N-dealkylation sites (tertiary alicyclic amines) is 1. The van der Waals surface area contributed by atoms with Gasteiger partial charge in [0.25, 0.3) is 0 Å². The zero-order valence-corrected chi connectivity index (χ0v) is 9.33. The number of nitrogen functional groups attached to an aromatic ring is 1. The maximum Gasteiger partial charge on any atom is 0.219 e. The van der Waals surface area contributed by atoms with E-state index in [0.717, 1.165) is 23.5 Å². The number of hydrogen-bond acceptors (Lipinski definition) is 6. The minimum atomic E-state index is 0.703. The van der Waals surface area contributed by atoms with E-state index in [2.05, 4.69) is 20.5 Å². The van der Waals surface area contributed by atoms with E-state index in [9.17, 15) is 0 Å². The second kappa shape index (κ2) is 3.70. The first-order chi connectivity index (χ1) is 7.35. The van der Waals surface area contributed by atoms with Gasteiger partial charge in [0.1, 0.15) is 5.01 Å². The number of nitrogens with two attached hydrogens (primary N) is 1. The van der Waals surface area contributed by atoms with Crippen molar-refractivity contribution in [2.45, 2.75) is 31.8 Å². The largest absolute Gasteiger partial charge is 0.298 e. The number of nitrogens with zero attached hydrogens (tertiary/aromatic N) is 3. The number of hydrazine groups is 1. The standard InChI is InChI=1S/C9H15N5S/c10-11-9-13-12-8(15-9)5-14-4-6-1-2-7(14)3-6/h6-7H,1-5,10H2,(H,11,13). The van der Waals surface area contributed by atoms with E-state index in [4.69, 9.17) is 5.84 Å². The molecule has 2 heterocycles. The minimum Gasteiger partial charge on any atom is -0.298 e. The predicted octanol–water partition coefficient (Wildman–Crippen LogP) is 0.808. The van der Waals surface area contributed by atoms with Crippen LogP contribution < -0.4 is 11.3 Å². The molecule has 15 heavy (non-hydrogen) atoms. The number of fused-ring (bicyclic) bond motifs is 2. The monoisotopic (exact) mass is 225 g/mol. The molecular weight excluding hydrogens is 210 g/mol. The second-order valence-corrected chi connectivity index (χ2v) is 5.47. The Labute approximate surface area is 92.6 Å². The van der Waals surface area contributed by atoms with Crippen LogP contribution in [0.4, 0.5) is 5.13 Å². The summed E-state index contributed by atoms with van der Waals surface area (Å²) in [4.78, 5) is 2.54. The van der Waals surface area contributed by atoms with E-state index in [1.807, 2.05) is 0 Å². The van der Waals surface area contributed by atoms with Crippen LogP contribution in [0.15, 0.2) is 0 Å². The van der Waals surface area contributed by atoms with Crippen molar-refractivity contribution in [3.63, 3.8) is 0 Å². The molecule has 3 rings (SSSR count). The molecule has 0 spiro atoms. The van der Waals surface area contributed by atoms with Gasteiger partial charge in [0.05, 0.1) is 6.54 Å². The lowest BCUT2D eigenvalue weighted by molar-refractivity contribution is 0.204. The first kappa shape index (κ1) is 9.50. The number of nitrogens with one attached hydrogen (secondary N) is 1. The van der Waals surface area contributed by atoms with Crippen molar-refractivity contribution < 1.29 is 0 Å². The van der Waals surface area contributed by atoms with E-state index in [0.29, 0.717) is 5.13 Å². The molecule has 0 radical (unpaired) electrons. The highest BCUT2D eigenvalue weighted by Gasteiger charge is 2.37. The third-order valence-corrected chi connectivity index (χ3v) is 4.29. The second-order valence-electron chi connectivity index (χ2n) is 4.41. The van der Waals surface area contributed by atoms with Gasteiger partial charge in [-0.1, -0.05) is 11.3 Å². The van der Waals surface area contributed by atoms with Gasteiger partial charge >= 0.3 is 0 Å². The highest BCUT2D eigenvalue weighted by Crippen LogP contribution is 2.38. The van der Waals surface area contributed by atoms with Crippen LogP contribution in [-0.2, 0) is 6.54 Å². The van der Waals surface area contributed by atoms with E-state index in [1.165, 1.54) is 25.8 Å². The average Bonchev–Trinajstić information content (AvgIpc) is 2.92. The highest BCUT2D eigenvalue weighted by atomic mass is 32.1. The van der Waals surface area contributed by atoms with Crippen molar-refractivity contribution in [3.05, 3.63) is 5.01 Å². The quantitative estimate of drug-likeness (QED) is 0.588. The van der Waals surface area contributed by atoms with Gasteiger partial charge in [0.2, 0.25) is 5.13 Å². The Morgan fingerprint density at radius 3 is 3.00 bits per heavy atom. The van der Waals surface area contributed by atoms with Gasteiger partial charge in [-0.05, 0) is 25.2 Å². The third kappa shape index (κ3) is 1.73. The van der Waals surface area contributed by atoms with Crippen LogP contribution in [0.25, 0.3) is 0 Å². The van der Waals surface area contributed by atoms with Crippen LogP contribution >= 0.6 is 11.3 Å². The molecule has 2 fully saturated rings. The zero-order chi connectivity index (χ0) is 10.3. The Balaban J connectivity index is 1.65. The molecule has 2 bridgehead atoms. The van der Waals surface area contributed by atoms with Gasteiger partial charge in [0.15, 0.2) is 0 Å². The Hall–Kier alpha value is -0.720. The fraction of sp³-hybridized carbons (Fsp3) is 0.778. The van der Waals surface area contributed by atoms with Crippen molar-refractivity contribution >= 4 is 16.5 Å². The molecule has 1 aliphatic heterocycles. The lowest BCUT2D eigenvalue weighted by Crippen LogP contribution is -2.31. The Morgan fingerprint density at radius 1 is 1.47 bits per heavy atom. The minimum absolute atomic E-state index is 0.703.